The molecule has 3 aromatic carbocycles. The molecule has 40 heavy (non-hydrogen) atoms. The molecule has 1 fully saturated rings. The van der Waals surface area contributed by atoms with Crippen molar-refractivity contribution in [3.05, 3.63) is 98.5 Å². The van der Waals surface area contributed by atoms with Crippen LogP contribution in [0.5, 0.6) is 5.75 Å². The van der Waals surface area contributed by atoms with Crippen molar-refractivity contribution in [3.8, 4) is 5.75 Å². The summed E-state index contributed by atoms with van der Waals surface area (Å²) in [6.45, 7) is 1.90. The van der Waals surface area contributed by atoms with Gasteiger partial charge in [-0.15, -0.1) is 11.6 Å². The van der Waals surface area contributed by atoms with Gasteiger partial charge in [0.1, 0.15) is 5.75 Å². The molecule has 0 bridgehead atoms. The molecule has 0 amide bonds. The van der Waals surface area contributed by atoms with Gasteiger partial charge in [0.15, 0.2) is 0 Å². The van der Waals surface area contributed by atoms with Gasteiger partial charge < -0.3 is 9.84 Å². The highest BCUT2D eigenvalue weighted by molar-refractivity contribution is 6.36. The Morgan fingerprint density at radius 2 is 1.68 bits per heavy atom. The first kappa shape index (κ1) is 28.9. The number of carboxylic acid groups (broad SMARTS) is 1. The normalized spacial score (nSPS) is 17.3. The standard InChI is InChI=1S/C32H31Cl3FNO3/c33-19-24(37-14-1-2-15-37)18-30(36)40-25-10-6-20(7-11-25)31-26-12-8-22(32(38)39)16-21(26)4-3-5-28(31)27-13-9-23(34)17-29(27)35/h6-13,16-17,24,30H,1-5,14-15,18-19H2,(H,38,39)/t24?,30-/m1/s1. The molecule has 5 rings (SSSR count). The fourth-order valence-electron chi connectivity index (χ4n) is 5.78. The number of carbonyl (C=O) groups is 1. The first-order valence-corrected chi connectivity index (χ1v) is 14.9. The summed E-state index contributed by atoms with van der Waals surface area (Å²) in [5, 5.41) is 10.7. The van der Waals surface area contributed by atoms with Gasteiger partial charge in [-0.3, -0.25) is 4.90 Å². The van der Waals surface area contributed by atoms with E-state index in [1.54, 1.807) is 30.3 Å². The van der Waals surface area contributed by atoms with E-state index < -0.39 is 12.3 Å². The molecule has 1 aliphatic carbocycles. The zero-order valence-corrected chi connectivity index (χ0v) is 24.3. The summed E-state index contributed by atoms with van der Waals surface area (Å²) in [4.78, 5) is 13.9. The van der Waals surface area contributed by atoms with Crippen LogP contribution in [0.25, 0.3) is 11.1 Å². The van der Waals surface area contributed by atoms with Crippen LogP contribution in [0.1, 0.15) is 64.7 Å². The van der Waals surface area contributed by atoms with Gasteiger partial charge in [-0.05, 0) is 115 Å². The topological polar surface area (TPSA) is 49.8 Å². The van der Waals surface area contributed by atoms with E-state index in [9.17, 15) is 14.3 Å². The van der Waals surface area contributed by atoms with Crippen LogP contribution in [-0.2, 0) is 6.42 Å². The Labute approximate surface area is 249 Å². The van der Waals surface area contributed by atoms with Gasteiger partial charge in [0.05, 0.1) is 5.56 Å². The van der Waals surface area contributed by atoms with Gasteiger partial charge in [-0.25, -0.2) is 9.18 Å². The maximum absolute atomic E-state index is 15.0. The lowest BCUT2D eigenvalue weighted by molar-refractivity contribution is 0.0358. The number of halogens is 4. The monoisotopic (exact) mass is 601 g/mol. The Kier molecular flexibility index (Phi) is 9.37. The highest BCUT2D eigenvalue weighted by Gasteiger charge is 2.26. The number of likely N-dealkylation sites (tertiary alicyclic amines) is 1. The molecule has 210 valence electrons. The quantitative estimate of drug-likeness (QED) is 0.249. The Morgan fingerprint density at radius 3 is 2.35 bits per heavy atom. The van der Waals surface area contributed by atoms with Crippen molar-refractivity contribution in [2.45, 2.75) is 50.9 Å². The number of allylic oxidation sites excluding steroid dienone is 1. The Morgan fingerprint density at radius 1 is 0.950 bits per heavy atom. The van der Waals surface area contributed by atoms with Crippen LogP contribution >= 0.6 is 34.8 Å². The number of rotatable bonds is 9. The lowest BCUT2D eigenvalue weighted by Gasteiger charge is -2.26. The second-order valence-electron chi connectivity index (χ2n) is 10.3. The first-order valence-electron chi connectivity index (χ1n) is 13.6. The zero-order valence-electron chi connectivity index (χ0n) is 22.0. The summed E-state index contributed by atoms with van der Waals surface area (Å²) in [5.41, 5.74) is 5.99. The van der Waals surface area contributed by atoms with Crippen LogP contribution in [0.2, 0.25) is 10.0 Å². The van der Waals surface area contributed by atoms with Gasteiger partial charge in [0.25, 0.3) is 0 Å². The first-order chi connectivity index (χ1) is 19.3. The Bertz CT molecular complexity index is 1400. The maximum Gasteiger partial charge on any atom is 0.335 e. The Hall–Kier alpha value is -2.57. The molecule has 3 aromatic rings. The van der Waals surface area contributed by atoms with Gasteiger partial charge >= 0.3 is 5.97 Å². The summed E-state index contributed by atoms with van der Waals surface area (Å²) in [5.74, 6) is -0.148. The van der Waals surface area contributed by atoms with E-state index in [0.29, 0.717) is 21.7 Å². The van der Waals surface area contributed by atoms with Crippen molar-refractivity contribution >= 4 is 51.9 Å². The number of aryl methyl sites for hydroxylation is 1. The van der Waals surface area contributed by atoms with Crippen LogP contribution in [0.3, 0.4) is 0 Å². The minimum Gasteiger partial charge on any atom is -0.478 e. The summed E-state index contributed by atoms with van der Waals surface area (Å²) in [6.07, 6.45) is 3.30. The van der Waals surface area contributed by atoms with E-state index in [-0.39, 0.29) is 18.0 Å². The molecule has 0 aromatic heterocycles. The predicted octanol–water partition coefficient (Wildman–Crippen LogP) is 8.75. The minimum atomic E-state index is -1.47. The zero-order chi connectivity index (χ0) is 28.2. The molecular formula is C32H31Cl3FNO3. The van der Waals surface area contributed by atoms with E-state index in [4.69, 9.17) is 39.5 Å². The molecule has 1 saturated heterocycles. The predicted molar refractivity (Wildman–Crippen MR) is 161 cm³/mol. The fraction of sp³-hybridized carbons (Fsp3) is 0.344. The summed E-state index contributed by atoms with van der Waals surface area (Å²) in [6, 6.07) is 18.1. The van der Waals surface area contributed by atoms with Crippen LogP contribution in [0.4, 0.5) is 4.39 Å². The lowest BCUT2D eigenvalue weighted by atomic mass is 9.87. The average Bonchev–Trinajstić information content (AvgIpc) is 3.41. The van der Waals surface area contributed by atoms with E-state index in [1.165, 1.54) is 0 Å². The van der Waals surface area contributed by atoms with Gasteiger partial charge in [-0.1, -0.05) is 47.5 Å². The van der Waals surface area contributed by atoms with Crippen molar-refractivity contribution in [1.82, 2.24) is 4.90 Å². The van der Waals surface area contributed by atoms with Crippen molar-refractivity contribution in [3.63, 3.8) is 0 Å². The summed E-state index contributed by atoms with van der Waals surface area (Å²) < 4.78 is 20.6. The third-order valence-electron chi connectivity index (χ3n) is 7.75. The number of ether oxygens (including phenoxy) is 1. The maximum atomic E-state index is 15.0. The molecule has 0 spiro atoms. The number of hydrogen-bond acceptors (Lipinski definition) is 3. The van der Waals surface area contributed by atoms with E-state index in [2.05, 4.69) is 4.90 Å². The van der Waals surface area contributed by atoms with Crippen LogP contribution in [0, 0.1) is 0 Å². The molecule has 8 heteroatoms. The molecule has 1 aliphatic heterocycles. The molecular weight excluding hydrogens is 572 g/mol. The van der Waals surface area contributed by atoms with E-state index in [1.807, 2.05) is 30.3 Å². The van der Waals surface area contributed by atoms with E-state index in [0.717, 1.165) is 78.6 Å². The van der Waals surface area contributed by atoms with Crippen molar-refractivity contribution in [1.29, 1.82) is 0 Å². The lowest BCUT2D eigenvalue weighted by Crippen LogP contribution is -2.37. The van der Waals surface area contributed by atoms with Crippen molar-refractivity contribution < 1.29 is 19.0 Å². The molecule has 2 aliphatic rings. The highest BCUT2D eigenvalue weighted by atomic mass is 35.5. The van der Waals surface area contributed by atoms with E-state index >= 15 is 0 Å². The molecule has 1 heterocycles. The molecule has 1 unspecified atom stereocenters. The number of carboxylic acids is 1. The number of alkyl halides is 2. The molecule has 2 atom stereocenters. The molecule has 0 saturated carbocycles. The largest absolute Gasteiger partial charge is 0.478 e. The molecule has 1 N–H and O–H groups in total. The number of nitrogens with zero attached hydrogens (tertiary/aromatic N) is 1. The van der Waals surface area contributed by atoms with Gasteiger partial charge in [-0.2, -0.15) is 0 Å². The number of hydrogen-bond donors (Lipinski definition) is 1. The summed E-state index contributed by atoms with van der Waals surface area (Å²) in [7, 11) is 0. The number of fused-ring (bicyclic) bond motifs is 1. The van der Waals surface area contributed by atoms with Crippen molar-refractivity contribution in [2.75, 3.05) is 19.0 Å². The molecule has 0 radical (unpaired) electrons. The third-order valence-corrected chi connectivity index (χ3v) is 8.66. The molecule has 4 nitrogen and oxygen atoms in total. The third kappa shape index (κ3) is 6.49. The number of aromatic carboxylic acids is 1. The van der Waals surface area contributed by atoms with Crippen LogP contribution in [0.15, 0.2) is 60.7 Å². The average molecular weight is 603 g/mol. The van der Waals surface area contributed by atoms with Gasteiger partial charge in [0.2, 0.25) is 6.36 Å². The SMILES string of the molecule is O=C(O)c1ccc2c(c1)CCCC(c1ccc(Cl)cc1Cl)=C2c1ccc(O[C@@H](F)CC(CCl)N2CCCC2)cc1. The second kappa shape index (κ2) is 12.9. The highest BCUT2D eigenvalue weighted by Crippen LogP contribution is 2.42. The smallest absolute Gasteiger partial charge is 0.335 e. The Balaban J connectivity index is 1.48. The van der Waals surface area contributed by atoms with Crippen LogP contribution < -0.4 is 4.74 Å². The van der Waals surface area contributed by atoms with Crippen molar-refractivity contribution in [2.24, 2.45) is 0 Å². The summed E-state index contributed by atoms with van der Waals surface area (Å²) >= 11 is 19.0. The minimum absolute atomic E-state index is 0.0477. The van der Waals surface area contributed by atoms with Crippen LogP contribution in [-0.4, -0.2) is 47.3 Å². The second-order valence-corrected chi connectivity index (χ2v) is 11.5. The number of benzene rings is 3. The van der Waals surface area contributed by atoms with Gasteiger partial charge in [0, 0.05) is 28.4 Å². The fourth-order valence-corrected chi connectivity index (χ4v) is 6.62.